The summed E-state index contributed by atoms with van der Waals surface area (Å²) in [5, 5.41) is 7.29. The number of nitrogens with one attached hydrogen (secondary N) is 3. The van der Waals surface area contributed by atoms with Crippen molar-refractivity contribution in [3.05, 3.63) is 47.8 Å². The summed E-state index contributed by atoms with van der Waals surface area (Å²) in [6.45, 7) is 2.55. The van der Waals surface area contributed by atoms with Crippen LogP contribution in [0.25, 0.3) is 11.0 Å². The number of aromatic nitrogens is 3. The number of nitrogens with zero attached hydrogens (tertiary/aromatic N) is 3. The number of carbonyl (C=O) groups is 1. The van der Waals surface area contributed by atoms with E-state index in [0.29, 0.717) is 29.8 Å². The molecule has 8 heteroatoms. The zero-order valence-electron chi connectivity index (χ0n) is 16.3. The Kier molecular flexibility index (Phi) is 4.55. The van der Waals surface area contributed by atoms with E-state index < -0.39 is 0 Å². The number of ether oxygens (including phenoxy) is 1. The highest BCUT2D eigenvalue weighted by Crippen LogP contribution is 2.31. The van der Waals surface area contributed by atoms with Gasteiger partial charge < -0.3 is 25.3 Å². The maximum atomic E-state index is 12.3. The third kappa shape index (κ3) is 3.51. The quantitative estimate of drug-likeness (QED) is 0.633. The highest BCUT2D eigenvalue weighted by atomic mass is 16.5. The van der Waals surface area contributed by atoms with Gasteiger partial charge in [-0.1, -0.05) is 12.1 Å². The van der Waals surface area contributed by atoms with E-state index in [1.54, 1.807) is 6.07 Å². The lowest BCUT2D eigenvalue weighted by Gasteiger charge is -2.29. The summed E-state index contributed by atoms with van der Waals surface area (Å²) >= 11 is 0. The summed E-state index contributed by atoms with van der Waals surface area (Å²) in [5.74, 6) is 1.10. The second-order valence-electron chi connectivity index (χ2n) is 7.73. The average Bonchev–Trinajstić information content (AvgIpc) is 3.08. The van der Waals surface area contributed by atoms with Crippen molar-refractivity contribution in [3.63, 3.8) is 0 Å². The van der Waals surface area contributed by atoms with Crippen LogP contribution in [-0.2, 0) is 0 Å². The Balaban J connectivity index is 1.38. The highest BCUT2D eigenvalue weighted by Gasteiger charge is 2.26. The molecule has 0 spiro atoms. The Bertz CT molecular complexity index is 1040. The Hall–Kier alpha value is -3.13. The number of hydrogen-bond donors (Lipinski definition) is 3. The number of carbonyl (C=O) groups excluding carboxylic acids is 1. The molecule has 0 aliphatic carbocycles. The molecule has 2 aliphatic heterocycles. The van der Waals surface area contributed by atoms with Gasteiger partial charge in [0.2, 0.25) is 5.95 Å². The Labute approximate surface area is 168 Å². The van der Waals surface area contributed by atoms with Gasteiger partial charge in [0.05, 0.1) is 12.1 Å². The van der Waals surface area contributed by atoms with Crippen molar-refractivity contribution in [2.24, 2.45) is 0 Å². The van der Waals surface area contributed by atoms with Gasteiger partial charge in [-0.15, -0.1) is 0 Å². The first kappa shape index (κ1) is 17.9. The van der Waals surface area contributed by atoms with E-state index in [0.717, 1.165) is 42.5 Å². The molecule has 1 saturated heterocycles. The molecule has 1 amide bonds. The number of amides is 1. The van der Waals surface area contributed by atoms with Crippen molar-refractivity contribution in [1.82, 2.24) is 25.2 Å². The van der Waals surface area contributed by atoms with Gasteiger partial charge in [0.25, 0.3) is 5.91 Å². The number of H-pyrrole nitrogens is 1. The molecule has 1 atom stereocenters. The molecule has 8 nitrogen and oxygen atoms in total. The monoisotopic (exact) mass is 392 g/mol. The first-order valence-electron chi connectivity index (χ1n) is 10.0. The average molecular weight is 392 g/mol. The molecule has 5 rings (SSSR count). The van der Waals surface area contributed by atoms with E-state index >= 15 is 0 Å². The molecular weight excluding hydrogens is 368 g/mol. The number of aromatic amines is 1. The second kappa shape index (κ2) is 7.36. The van der Waals surface area contributed by atoms with Crippen LogP contribution in [0.3, 0.4) is 0 Å². The van der Waals surface area contributed by atoms with Gasteiger partial charge in [0, 0.05) is 29.4 Å². The Morgan fingerprint density at radius 2 is 2.07 bits per heavy atom. The molecular formula is C21H24N6O2. The van der Waals surface area contributed by atoms with Crippen molar-refractivity contribution in [3.8, 4) is 5.75 Å². The van der Waals surface area contributed by atoms with Crippen LogP contribution in [0.15, 0.2) is 36.7 Å². The van der Waals surface area contributed by atoms with E-state index in [-0.39, 0.29) is 12.0 Å². The normalized spacial score (nSPS) is 20.6. The first-order valence-corrected chi connectivity index (χ1v) is 10.0. The number of rotatable bonds is 3. The van der Waals surface area contributed by atoms with Crippen LogP contribution < -0.4 is 15.4 Å². The van der Waals surface area contributed by atoms with Gasteiger partial charge in [-0.3, -0.25) is 4.79 Å². The fraction of sp³-hybridized carbons (Fsp3) is 0.381. The molecule has 29 heavy (non-hydrogen) atoms. The fourth-order valence-electron chi connectivity index (χ4n) is 4.00. The van der Waals surface area contributed by atoms with Gasteiger partial charge >= 0.3 is 0 Å². The number of piperidine rings is 1. The summed E-state index contributed by atoms with van der Waals surface area (Å²) in [7, 11) is 2.15. The van der Waals surface area contributed by atoms with E-state index in [1.165, 1.54) is 0 Å². The number of para-hydroxylation sites is 1. The van der Waals surface area contributed by atoms with Gasteiger partial charge in [-0.2, -0.15) is 4.98 Å². The summed E-state index contributed by atoms with van der Waals surface area (Å²) in [6.07, 6.45) is 5.58. The Morgan fingerprint density at radius 1 is 1.24 bits per heavy atom. The van der Waals surface area contributed by atoms with E-state index in [9.17, 15) is 4.79 Å². The van der Waals surface area contributed by atoms with Crippen LogP contribution >= 0.6 is 0 Å². The highest BCUT2D eigenvalue weighted by molar-refractivity contribution is 5.97. The third-order valence-corrected chi connectivity index (χ3v) is 5.71. The summed E-state index contributed by atoms with van der Waals surface area (Å²) < 4.78 is 6.16. The molecule has 0 saturated carbocycles. The number of benzene rings is 1. The minimum atomic E-state index is -0.312. The number of anilines is 1. The van der Waals surface area contributed by atoms with Crippen molar-refractivity contribution in [1.29, 1.82) is 0 Å². The summed E-state index contributed by atoms with van der Waals surface area (Å²) in [6, 6.07) is 7.69. The van der Waals surface area contributed by atoms with E-state index in [2.05, 4.69) is 37.5 Å². The number of fused-ring (bicyclic) bond motifs is 2. The lowest BCUT2D eigenvalue weighted by molar-refractivity contribution is 0.0951. The molecule has 0 radical (unpaired) electrons. The smallest absolute Gasteiger partial charge is 0.255 e. The zero-order valence-corrected chi connectivity index (χ0v) is 16.3. The molecule has 1 aromatic carbocycles. The minimum Gasteiger partial charge on any atom is -0.483 e. The summed E-state index contributed by atoms with van der Waals surface area (Å²) in [4.78, 5) is 27.1. The van der Waals surface area contributed by atoms with Crippen molar-refractivity contribution >= 4 is 22.9 Å². The van der Waals surface area contributed by atoms with Crippen molar-refractivity contribution in [2.45, 2.75) is 25.0 Å². The third-order valence-electron chi connectivity index (χ3n) is 5.71. The standard InChI is InChI=1S/C21H24N6O2/c1-27-8-6-13(7-9-27)25-21-24-11-16-15(10-22-19(16)26-21)18-12-23-20(28)14-4-2-3-5-17(14)29-18/h2-5,10-11,13,18H,6-9,12H2,1H3,(H,23,28)(H2,22,24,25,26). The topological polar surface area (TPSA) is 95.2 Å². The van der Waals surface area contributed by atoms with E-state index in [1.807, 2.05) is 30.6 Å². The van der Waals surface area contributed by atoms with Gasteiger partial charge in [0.15, 0.2) is 0 Å². The number of hydrogen-bond acceptors (Lipinski definition) is 6. The maximum Gasteiger partial charge on any atom is 0.255 e. The van der Waals surface area contributed by atoms with Crippen LogP contribution in [0.5, 0.6) is 5.75 Å². The largest absolute Gasteiger partial charge is 0.483 e. The zero-order chi connectivity index (χ0) is 19.8. The van der Waals surface area contributed by atoms with Crippen molar-refractivity contribution < 1.29 is 9.53 Å². The lowest BCUT2D eigenvalue weighted by Crippen LogP contribution is -2.37. The van der Waals surface area contributed by atoms with Gasteiger partial charge in [-0.05, 0) is 45.1 Å². The fourth-order valence-corrected chi connectivity index (χ4v) is 4.00. The molecule has 0 bridgehead atoms. The number of likely N-dealkylation sites (tertiary alicyclic amines) is 1. The SMILES string of the molecule is CN1CCC(Nc2ncc3c(C4CNC(=O)c5ccccc5O4)c[nH]c3n2)CC1. The van der Waals surface area contributed by atoms with Crippen LogP contribution in [0, 0.1) is 0 Å². The molecule has 2 aromatic heterocycles. The van der Waals surface area contributed by atoms with Crippen LogP contribution in [0.1, 0.15) is 34.9 Å². The van der Waals surface area contributed by atoms with Gasteiger partial charge in [0.1, 0.15) is 17.5 Å². The molecule has 2 aliphatic rings. The summed E-state index contributed by atoms with van der Waals surface area (Å²) in [5.41, 5.74) is 2.25. The molecule has 3 aromatic rings. The maximum absolute atomic E-state index is 12.3. The van der Waals surface area contributed by atoms with Crippen molar-refractivity contribution in [2.75, 3.05) is 32.0 Å². The predicted molar refractivity (Wildman–Crippen MR) is 110 cm³/mol. The van der Waals surface area contributed by atoms with Crippen LogP contribution in [0.2, 0.25) is 0 Å². The first-order chi connectivity index (χ1) is 14.2. The van der Waals surface area contributed by atoms with Crippen LogP contribution in [-0.4, -0.2) is 58.5 Å². The van der Waals surface area contributed by atoms with Crippen LogP contribution in [0.4, 0.5) is 5.95 Å². The molecule has 3 N–H and O–H groups in total. The lowest BCUT2D eigenvalue weighted by atomic mass is 10.1. The predicted octanol–water partition coefficient (Wildman–Crippen LogP) is 2.33. The van der Waals surface area contributed by atoms with E-state index in [4.69, 9.17) is 4.74 Å². The second-order valence-corrected chi connectivity index (χ2v) is 7.73. The minimum absolute atomic E-state index is 0.121. The molecule has 150 valence electrons. The molecule has 1 fully saturated rings. The Morgan fingerprint density at radius 3 is 2.93 bits per heavy atom. The van der Waals surface area contributed by atoms with Gasteiger partial charge in [-0.25, -0.2) is 4.98 Å². The molecule has 4 heterocycles. The molecule has 1 unspecified atom stereocenters.